The zero-order chi connectivity index (χ0) is 15.1. The van der Waals surface area contributed by atoms with Crippen molar-refractivity contribution < 1.29 is 14.7 Å². The van der Waals surface area contributed by atoms with Crippen LogP contribution in [0.1, 0.15) is 46.5 Å². The number of carbonyl (C=O) groups excluding carboxylic acids is 1. The molecule has 0 bridgehead atoms. The molecule has 1 aliphatic heterocycles. The van der Waals surface area contributed by atoms with Gasteiger partial charge in [0.1, 0.15) is 6.04 Å². The van der Waals surface area contributed by atoms with Crippen molar-refractivity contribution in [2.24, 2.45) is 5.92 Å². The Bertz CT molecular complexity index is 319. The summed E-state index contributed by atoms with van der Waals surface area (Å²) >= 11 is 0. The first-order chi connectivity index (χ1) is 9.51. The predicted octanol–water partition coefficient (Wildman–Crippen LogP) is 1.82. The number of carboxylic acid groups (broad SMARTS) is 1. The van der Waals surface area contributed by atoms with Crippen molar-refractivity contribution in [2.75, 3.05) is 26.2 Å². The molecular formula is C15H28N2O3. The van der Waals surface area contributed by atoms with Crippen molar-refractivity contribution in [3.05, 3.63) is 0 Å². The van der Waals surface area contributed by atoms with Crippen LogP contribution in [0, 0.1) is 5.92 Å². The Morgan fingerprint density at radius 1 is 1.05 bits per heavy atom. The molecule has 1 N–H and O–H groups in total. The second-order valence-corrected chi connectivity index (χ2v) is 5.65. The number of piperazine rings is 1. The van der Waals surface area contributed by atoms with E-state index < -0.39 is 12.0 Å². The normalized spacial score (nSPS) is 18.3. The Balaban J connectivity index is 2.51. The summed E-state index contributed by atoms with van der Waals surface area (Å²) in [5, 5.41) is 9.02. The molecule has 1 saturated heterocycles. The second kappa shape index (κ2) is 8.25. The summed E-state index contributed by atoms with van der Waals surface area (Å²) in [5.74, 6) is -0.385. The average Bonchev–Trinajstić information content (AvgIpc) is 2.45. The van der Waals surface area contributed by atoms with Crippen LogP contribution in [-0.2, 0) is 9.59 Å². The quantitative estimate of drug-likeness (QED) is 0.774. The summed E-state index contributed by atoms with van der Waals surface area (Å²) in [4.78, 5) is 27.3. The van der Waals surface area contributed by atoms with Crippen LogP contribution >= 0.6 is 0 Å². The van der Waals surface area contributed by atoms with E-state index in [1.54, 1.807) is 6.92 Å². The fourth-order valence-corrected chi connectivity index (χ4v) is 2.83. The molecule has 0 aromatic rings. The van der Waals surface area contributed by atoms with Crippen LogP contribution in [0.2, 0.25) is 0 Å². The minimum Gasteiger partial charge on any atom is -0.480 e. The van der Waals surface area contributed by atoms with E-state index in [4.69, 9.17) is 5.11 Å². The number of carboxylic acids is 1. The van der Waals surface area contributed by atoms with E-state index in [0.29, 0.717) is 26.2 Å². The van der Waals surface area contributed by atoms with Crippen LogP contribution in [0.5, 0.6) is 0 Å². The monoisotopic (exact) mass is 284 g/mol. The molecule has 0 aromatic carbocycles. The van der Waals surface area contributed by atoms with Gasteiger partial charge in [0.15, 0.2) is 0 Å². The van der Waals surface area contributed by atoms with Crippen LogP contribution in [0.4, 0.5) is 0 Å². The molecule has 1 aliphatic rings. The van der Waals surface area contributed by atoms with Gasteiger partial charge in [0.25, 0.3) is 0 Å². The van der Waals surface area contributed by atoms with Crippen molar-refractivity contribution in [3.63, 3.8) is 0 Å². The first kappa shape index (κ1) is 17.0. The number of aliphatic carboxylic acids is 1. The van der Waals surface area contributed by atoms with Gasteiger partial charge in [0.2, 0.25) is 5.91 Å². The predicted molar refractivity (Wildman–Crippen MR) is 78.6 cm³/mol. The number of amides is 1. The van der Waals surface area contributed by atoms with Crippen LogP contribution < -0.4 is 0 Å². The highest BCUT2D eigenvalue weighted by Gasteiger charge is 2.29. The van der Waals surface area contributed by atoms with Crippen molar-refractivity contribution in [3.8, 4) is 0 Å². The molecule has 1 fully saturated rings. The number of hydrogen-bond acceptors (Lipinski definition) is 3. The Hall–Kier alpha value is -1.10. The molecule has 0 aliphatic carbocycles. The smallest absolute Gasteiger partial charge is 0.320 e. The number of nitrogens with zero attached hydrogens (tertiary/aromatic N) is 2. The van der Waals surface area contributed by atoms with Gasteiger partial charge in [-0.15, -0.1) is 0 Å². The summed E-state index contributed by atoms with van der Waals surface area (Å²) in [6, 6.07) is -0.464. The molecule has 1 unspecified atom stereocenters. The van der Waals surface area contributed by atoms with E-state index in [9.17, 15) is 9.59 Å². The van der Waals surface area contributed by atoms with E-state index in [1.807, 2.05) is 9.80 Å². The van der Waals surface area contributed by atoms with Crippen molar-refractivity contribution in [1.29, 1.82) is 0 Å². The molecule has 5 heteroatoms. The fraction of sp³-hybridized carbons (Fsp3) is 0.867. The molecule has 0 radical (unpaired) electrons. The van der Waals surface area contributed by atoms with Gasteiger partial charge in [-0.1, -0.05) is 26.7 Å². The summed E-state index contributed by atoms with van der Waals surface area (Å²) in [5.41, 5.74) is 0. The molecule has 5 nitrogen and oxygen atoms in total. The number of rotatable bonds is 7. The standard InChI is InChI=1S/C15H28N2O3/c1-4-6-13(7-5-2)14(18)17-10-8-16(9-11-17)12(3)15(19)20/h12-13H,4-11H2,1-3H3,(H,19,20). The van der Waals surface area contributed by atoms with E-state index in [-0.39, 0.29) is 11.8 Å². The minimum absolute atomic E-state index is 0.147. The topological polar surface area (TPSA) is 60.9 Å². The van der Waals surface area contributed by atoms with Crippen LogP contribution in [-0.4, -0.2) is 59.0 Å². The third-order valence-corrected chi connectivity index (χ3v) is 4.15. The van der Waals surface area contributed by atoms with E-state index in [1.165, 1.54) is 0 Å². The molecule has 116 valence electrons. The highest BCUT2D eigenvalue weighted by molar-refractivity contribution is 5.79. The first-order valence-electron chi connectivity index (χ1n) is 7.76. The van der Waals surface area contributed by atoms with Gasteiger partial charge in [-0.3, -0.25) is 14.5 Å². The average molecular weight is 284 g/mol. The lowest BCUT2D eigenvalue weighted by Crippen LogP contribution is -2.54. The lowest BCUT2D eigenvalue weighted by molar-refractivity contribution is -0.144. The van der Waals surface area contributed by atoms with Gasteiger partial charge in [-0.25, -0.2) is 0 Å². The molecule has 20 heavy (non-hydrogen) atoms. The fourth-order valence-electron chi connectivity index (χ4n) is 2.83. The zero-order valence-electron chi connectivity index (χ0n) is 13.0. The molecule has 0 saturated carbocycles. The van der Waals surface area contributed by atoms with Gasteiger partial charge in [0.05, 0.1) is 0 Å². The molecule has 1 rings (SSSR count). The highest BCUT2D eigenvalue weighted by Crippen LogP contribution is 2.18. The molecule has 1 heterocycles. The van der Waals surface area contributed by atoms with Gasteiger partial charge >= 0.3 is 5.97 Å². The van der Waals surface area contributed by atoms with Crippen LogP contribution in [0.3, 0.4) is 0 Å². The molecule has 1 atom stereocenters. The Labute approximate surface area is 121 Å². The maximum Gasteiger partial charge on any atom is 0.320 e. The van der Waals surface area contributed by atoms with E-state index >= 15 is 0 Å². The lowest BCUT2D eigenvalue weighted by atomic mass is 9.96. The number of hydrogen-bond donors (Lipinski definition) is 1. The Kier molecular flexibility index (Phi) is 6.99. The van der Waals surface area contributed by atoms with Gasteiger partial charge in [-0.05, 0) is 19.8 Å². The van der Waals surface area contributed by atoms with E-state index in [2.05, 4.69) is 13.8 Å². The van der Waals surface area contributed by atoms with Gasteiger partial charge in [0, 0.05) is 32.1 Å². The van der Waals surface area contributed by atoms with Crippen molar-refractivity contribution in [1.82, 2.24) is 9.80 Å². The zero-order valence-corrected chi connectivity index (χ0v) is 13.0. The third-order valence-electron chi connectivity index (χ3n) is 4.15. The Morgan fingerprint density at radius 3 is 1.95 bits per heavy atom. The van der Waals surface area contributed by atoms with Gasteiger partial charge in [-0.2, -0.15) is 0 Å². The molecule has 1 amide bonds. The van der Waals surface area contributed by atoms with Gasteiger partial charge < -0.3 is 10.0 Å². The Morgan fingerprint density at radius 2 is 1.55 bits per heavy atom. The largest absolute Gasteiger partial charge is 0.480 e. The van der Waals surface area contributed by atoms with Crippen molar-refractivity contribution >= 4 is 11.9 Å². The number of carbonyl (C=O) groups is 2. The summed E-state index contributed by atoms with van der Waals surface area (Å²) < 4.78 is 0. The lowest BCUT2D eigenvalue weighted by Gasteiger charge is -2.38. The summed E-state index contributed by atoms with van der Waals surface area (Å²) in [6.45, 7) is 8.55. The SMILES string of the molecule is CCCC(CCC)C(=O)N1CCN(C(C)C(=O)O)CC1. The second-order valence-electron chi connectivity index (χ2n) is 5.65. The molecular weight excluding hydrogens is 256 g/mol. The maximum atomic E-state index is 12.5. The van der Waals surface area contributed by atoms with Crippen molar-refractivity contribution in [2.45, 2.75) is 52.5 Å². The summed E-state index contributed by atoms with van der Waals surface area (Å²) in [7, 11) is 0. The van der Waals surface area contributed by atoms with Crippen LogP contribution in [0.15, 0.2) is 0 Å². The molecule has 0 aromatic heterocycles. The summed E-state index contributed by atoms with van der Waals surface area (Å²) in [6.07, 6.45) is 3.98. The maximum absolute atomic E-state index is 12.5. The molecule has 0 spiro atoms. The highest BCUT2D eigenvalue weighted by atomic mass is 16.4. The third kappa shape index (κ3) is 4.47. The first-order valence-corrected chi connectivity index (χ1v) is 7.76. The minimum atomic E-state index is -0.792. The van der Waals surface area contributed by atoms with Crippen LogP contribution in [0.25, 0.3) is 0 Å². The van der Waals surface area contributed by atoms with E-state index in [0.717, 1.165) is 25.7 Å².